The Morgan fingerprint density at radius 3 is 2.70 bits per heavy atom. The number of halogens is 2. The van der Waals surface area contributed by atoms with Crippen molar-refractivity contribution in [2.75, 3.05) is 43.1 Å². The summed E-state index contributed by atoms with van der Waals surface area (Å²) in [5.41, 5.74) is 1.85. The molecule has 3 unspecified atom stereocenters. The number of amides is 1. The highest BCUT2D eigenvalue weighted by Gasteiger charge is 2.48. The molecule has 5 atom stereocenters. The number of hydrogen-bond donors (Lipinski definition) is 2. The van der Waals surface area contributed by atoms with Crippen molar-refractivity contribution >= 4 is 28.2 Å². The number of hydrogen-bond acceptors (Lipinski definition) is 8. The number of aryl methyl sites for hydroxylation is 1. The van der Waals surface area contributed by atoms with E-state index in [1.165, 1.54) is 37.0 Å². The monoisotopic (exact) mass is 593 g/mol. The molecule has 0 radical (unpaired) electrons. The molecule has 5 aliphatic rings. The third kappa shape index (κ3) is 4.77. The highest BCUT2D eigenvalue weighted by atomic mass is 19.1. The van der Waals surface area contributed by atoms with Crippen LogP contribution in [-0.2, 0) is 13.0 Å². The Morgan fingerprint density at radius 2 is 1.98 bits per heavy atom. The van der Waals surface area contributed by atoms with Crippen molar-refractivity contribution in [3.05, 3.63) is 46.9 Å². The summed E-state index contributed by atoms with van der Waals surface area (Å²) in [6.07, 6.45) is 3.69. The quantitative estimate of drug-likeness (QED) is 0.464. The van der Waals surface area contributed by atoms with Crippen LogP contribution in [0, 0.1) is 17.7 Å². The molecule has 1 amide bonds. The highest BCUT2D eigenvalue weighted by Crippen LogP contribution is 2.45. The average Bonchev–Trinajstić information content (AvgIpc) is 3.74. The molecule has 3 saturated heterocycles. The first kappa shape index (κ1) is 28.2. The van der Waals surface area contributed by atoms with Gasteiger partial charge in [0, 0.05) is 43.0 Å². The van der Waals surface area contributed by atoms with Gasteiger partial charge in [0.2, 0.25) is 0 Å². The van der Waals surface area contributed by atoms with Gasteiger partial charge in [0.15, 0.2) is 0 Å². The summed E-state index contributed by atoms with van der Waals surface area (Å²) in [4.78, 5) is 28.6. The van der Waals surface area contributed by atoms with E-state index in [4.69, 9.17) is 4.74 Å². The lowest BCUT2D eigenvalue weighted by atomic mass is 9.74. The van der Waals surface area contributed by atoms with Crippen LogP contribution in [0.1, 0.15) is 54.2 Å². The van der Waals surface area contributed by atoms with Crippen molar-refractivity contribution in [3.8, 4) is 11.8 Å². The summed E-state index contributed by atoms with van der Waals surface area (Å²) in [5, 5.41) is 21.8. The molecule has 5 heterocycles. The topological polar surface area (TPSA) is 102 Å². The fourth-order valence-corrected chi connectivity index (χ4v) is 7.78. The average molecular weight is 594 g/mol. The Hall–Kier alpha value is -3.57. The molecule has 4 fully saturated rings. The van der Waals surface area contributed by atoms with Gasteiger partial charge in [-0.1, -0.05) is 13.0 Å². The van der Waals surface area contributed by atoms with Crippen LogP contribution >= 0.6 is 0 Å². The van der Waals surface area contributed by atoms with Gasteiger partial charge in [0.1, 0.15) is 29.1 Å². The van der Waals surface area contributed by atoms with Crippen LogP contribution < -0.4 is 14.5 Å². The molecule has 228 valence electrons. The molecule has 43 heavy (non-hydrogen) atoms. The maximum absolute atomic E-state index is 14.7. The number of benzene rings is 2. The fraction of sp³-hybridized carbons (Fsp3) is 0.531. The minimum atomic E-state index is -0.518. The summed E-state index contributed by atoms with van der Waals surface area (Å²) in [5.74, 6) is 0.403. The number of fused-ring (bicyclic) bond motifs is 4. The van der Waals surface area contributed by atoms with Crippen LogP contribution in [0.15, 0.2) is 24.3 Å². The Balaban J connectivity index is 0.000000283. The Bertz CT molecular complexity index is 1580. The molecular formula is C32H37F2N5O4. The number of ether oxygens (including phenoxy) is 1. The smallest absolute Gasteiger partial charge is 0.318 e. The molecule has 0 bridgehead atoms. The zero-order valence-corrected chi connectivity index (χ0v) is 24.5. The molecule has 0 spiro atoms. The van der Waals surface area contributed by atoms with Gasteiger partial charge in [-0.3, -0.25) is 9.69 Å². The van der Waals surface area contributed by atoms with Gasteiger partial charge in [0.25, 0.3) is 5.91 Å². The number of phenols is 1. The predicted molar refractivity (Wildman–Crippen MR) is 158 cm³/mol. The van der Waals surface area contributed by atoms with Crippen molar-refractivity contribution in [2.24, 2.45) is 11.8 Å². The van der Waals surface area contributed by atoms with Crippen molar-refractivity contribution in [2.45, 2.75) is 63.9 Å². The van der Waals surface area contributed by atoms with E-state index in [0.717, 1.165) is 19.4 Å². The summed E-state index contributed by atoms with van der Waals surface area (Å²) in [6, 6.07) is 6.85. The number of alkyl halides is 1. The van der Waals surface area contributed by atoms with Crippen molar-refractivity contribution < 1.29 is 28.5 Å². The largest absolute Gasteiger partial charge is 0.508 e. The van der Waals surface area contributed by atoms with E-state index in [-0.39, 0.29) is 42.1 Å². The molecule has 2 N–H and O–H groups in total. The van der Waals surface area contributed by atoms with E-state index in [0.29, 0.717) is 77.1 Å². The maximum Gasteiger partial charge on any atom is 0.318 e. The van der Waals surface area contributed by atoms with Gasteiger partial charge < -0.3 is 24.7 Å². The van der Waals surface area contributed by atoms with E-state index in [1.807, 2.05) is 11.8 Å². The van der Waals surface area contributed by atoms with Gasteiger partial charge in [-0.05, 0) is 67.6 Å². The minimum absolute atomic E-state index is 0.00564. The number of aliphatic hydroxyl groups is 1. The fourth-order valence-electron chi connectivity index (χ4n) is 7.78. The zero-order chi connectivity index (χ0) is 30.0. The number of aromatic hydroxyl groups is 1. The first-order chi connectivity index (χ1) is 20.7. The van der Waals surface area contributed by atoms with Crippen LogP contribution in [0.3, 0.4) is 0 Å². The summed E-state index contributed by atoms with van der Waals surface area (Å²) < 4.78 is 32.6. The Kier molecular flexibility index (Phi) is 7.12. The number of rotatable bonds is 4. The second-order valence-electron chi connectivity index (χ2n) is 12.4. The Morgan fingerprint density at radius 1 is 1.14 bits per heavy atom. The van der Waals surface area contributed by atoms with E-state index >= 15 is 0 Å². The molecular weight excluding hydrogens is 556 g/mol. The van der Waals surface area contributed by atoms with Gasteiger partial charge in [-0.15, -0.1) is 0 Å². The van der Waals surface area contributed by atoms with Crippen molar-refractivity contribution in [3.63, 3.8) is 0 Å². The van der Waals surface area contributed by atoms with Gasteiger partial charge >= 0.3 is 6.01 Å². The number of aromatic nitrogens is 2. The molecule has 4 aliphatic heterocycles. The number of aliphatic hydroxyl groups excluding tert-OH is 1. The summed E-state index contributed by atoms with van der Waals surface area (Å²) in [6.45, 7) is 5.20. The van der Waals surface area contributed by atoms with Crippen LogP contribution in [0.25, 0.3) is 10.8 Å². The van der Waals surface area contributed by atoms with Crippen LogP contribution in [-0.4, -0.2) is 82.6 Å². The third-order valence-electron chi connectivity index (χ3n) is 9.96. The first-order valence-electron chi connectivity index (χ1n) is 15.3. The van der Waals surface area contributed by atoms with Crippen LogP contribution in [0.2, 0.25) is 0 Å². The molecule has 1 saturated carbocycles. The predicted octanol–water partition coefficient (Wildman–Crippen LogP) is 4.22. The molecule has 8 rings (SSSR count). The molecule has 3 aromatic rings. The number of anilines is 2. The number of nitrogens with zero attached hydrogens (tertiary/aromatic N) is 5. The van der Waals surface area contributed by atoms with Gasteiger partial charge in [-0.2, -0.15) is 9.97 Å². The van der Waals surface area contributed by atoms with Crippen molar-refractivity contribution in [1.29, 1.82) is 0 Å². The van der Waals surface area contributed by atoms with E-state index < -0.39 is 6.17 Å². The molecule has 2 aromatic carbocycles. The normalized spacial score (nSPS) is 27.6. The SMILES string of the molecule is CCc1c(F)ccc2cc(O)cc(N3Cc4nc(OC)nc(N5C[C@@H]6CC(O)[C@@H]6C5)c4C3=O)c12.FC1CC2CCCN2C1. The van der Waals surface area contributed by atoms with Gasteiger partial charge in [0.05, 0.1) is 31.1 Å². The Labute approximate surface area is 249 Å². The summed E-state index contributed by atoms with van der Waals surface area (Å²) in [7, 11) is 1.48. The van der Waals surface area contributed by atoms with E-state index in [1.54, 1.807) is 12.1 Å². The second-order valence-corrected chi connectivity index (χ2v) is 12.4. The van der Waals surface area contributed by atoms with Gasteiger partial charge in [-0.25, -0.2) is 8.78 Å². The van der Waals surface area contributed by atoms with E-state index in [9.17, 15) is 23.8 Å². The minimum Gasteiger partial charge on any atom is -0.508 e. The lowest BCUT2D eigenvalue weighted by molar-refractivity contribution is -0.00399. The lowest BCUT2D eigenvalue weighted by Gasteiger charge is -2.34. The highest BCUT2D eigenvalue weighted by molar-refractivity contribution is 6.16. The van der Waals surface area contributed by atoms with Crippen LogP contribution in [0.5, 0.6) is 11.8 Å². The second kappa shape index (κ2) is 10.9. The molecule has 9 nitrogen and oxygen atoms in total. The van der Waals surface area contributed by atoms with E-state index in [2.05, 4.69) is 14.9 Å². The summed E-state index contributed by atoms with van der Waals surface area (Å²) >= 11 is 0. The first-order valence-corrected chi connectivity index (χ1v) is 15.3. The number of phenolic OH excluding ortho intramolecular Hbond substituents is 1. The van der Waals surface area contributed by atoms with Crippen molar-refractivity contribution in [1.82, 2.24) is 14.9 Å². The number of carbonyl (C=O) groups excluding carboxylic acids is 1. The molecule has 11 heteroatoms. The lowest BCUT2D eigenvalue weighted by Crippen LogP contribution is -2.39. The standard InChI is InChI=1S/C25H25FN4O4.C7H12FN/c1-3-15-17(26)5-4-12-6-14(31)8-19(21(12)15)30-11-18-22(24(30)33)23(28-25(27-18)34-2)29-9-13-7-20(32)16(13)10-29;8-6-4-7-2-1-3-9(7)5-6/h4-6,8,13,16,20,31-32H,3,7,9-11H2,1-2H3;6-7H,1-5H2/t13-,16+,20?;/m0./s1. The molecule has 1 aliphatic carbocycles. The third-order valence-corrected chi connectivity index (χ3v) is 9.96. The number of carbonyl (C=O) groups is 1. The zero-order valence-electron chi connectivity index (χ0n) is 24.5. The van der Waals surface area contributed by atoms with Crippen LogP contribution in [0.4, 0.5) is 20.3 Å². The maximum atomic E-state index is 14.7. The number of methoxy groups -OCH3 is 1. The molecule has 1 aromatic heterocycles.